The minimum absolute atomic E-state index is 0.271. The summed E-state index contributed by atoms with van der Waals surface area (Å²) in [6, 6.07) is 0. The molecule has 0 spiro atoms. The first kappa shape index (κ1) is 8.06. The van der Waals surface area contributed by atoms with Crippen molar-refractivity contribution in [1.29, 1.82) is 0 Å². The van der Waals surface area contributed by atoms with Crippen LogP contribution in [0, 0.1) is 11.8 Å². The second kappa shape index (κ2) is 3.44. The van der Waals surface area contributed by atoms with Crippen molar-refractivity contribution in [3.8, 4) is 0 Å². The topological polar surface area (TPSA) is 20.2 Å². The van der Waals surface area contributed by atoms with Crippen LogP contribution in [0.2, 0.25) is 0 Å². The summed E-state index contributed by atoms with van der Waals surface area (Å²) in [4.78, 5) is 0. The lowest BCUT2D eigenvalue weighted by Gasteiger charge is -2.07. The maximum absolute atomic E-state index is 9.04. The van der Waals surface area contributed by atoms with Gasteiger partial charge in [0.1, 0.15) is 0 Å². The molecule has 1 saturated carbocycles. The average Bonchev–Trinajstić information content (AvgIpc) is 2.43. The smallest absolute Gasteiger partial charge is 0.0528 e. The lowest BCUT2D eigenvalue weighted by atomic mass is 9.99. The van der Waals surface area contributed by atoms with E-state index in [0.717, 1.165) is 5.92 Å². The van der Waals surface area contributed by atoms with E-state index in [2.05, 4.69) is 18.2 Å². The molecule has 0 bridgehead atoms. The number of rotatable bonds is 1. The van der Waals surface area contributed by atoms with Crippen LogP contribution in [0.15, 0.2) is 23.8 Å². The van der Waals surface area contributed by atoms with Crippen molar-refractivity contribution in [2.24, 2.45) is 11.8 Å². The molecule has 0 heterocycles. The molecule has 0 aliphatic heterocycles. The minimum atomic E-state index is 0.271. The third-order valence-corrected chi connectivity index (χ3v) is 2.99. The van der Waals surface area contributed by atoms with Crippen LogP contribution >= 0.6 is 0 Å². The summed E-state index contributed by atoms with van der Waals surface area (Å²) in [5.41, 5.74) is 1.60. The molecule has 2 aliphatic carbocycles. The van der Waals surface area contributed by atoms with E-state index in [1.807, 2.05) is 0 Å². The van der Waals surface area contributed by atoms with E-state index >= 15 is 0 Å². The lowest BCUT2D eigenvalue weighted by molar-refractivity contribution is 0.273. The fraction of sp³-hybridized carbons (Fsp3) is 0.636. The maximum Gasteiger partial charge on any atom is 0.0528 e. The molecule has 1 nitrogen and oxygen atoms in total. The van der Waals surface area contributed by atoms with Crippen LogP contribution in [0.5, 0.6) is 0 Å². The first-order chi connectivity index (χ1) is 5.90. The van der Waals surface area contributed by atoms with Gasteiger partial charge in [-0.1, -0.05) is 23.8 Å². The van der Waals surface area contributed by atoms with Crippen LogP contribution in [0.3, 0.4) is 0 Å². The third kappa shape index (κ3) is 1.46. The summed E-state index contributed by atoms with van der Waals surface area (Å²) in [5.74, 6) is 1.10. The molecule has 0 unspecified atom stereocenters. The molecule has 66 valence electrons. The monoisotopic (exact) mass is 164 g/mol. The van der Waals surface area contributed by atoms with E-state index in [0.29, 0.717) is 5.92 Å². The van der Waals surface area contributed by atoms with Crippen molar-refractivity contribution in [2.45, 2.75) is 25.7 Å². The first-order valence-corrected chi connectivity index (χ1v) is 4.88. The van der Waals surface area contributed by atoms with Gasteiger partial charge in [0.15, 0.2) is 0 Å². The SMILES string of the molecule is OC[C@H]1C=CC[C@H]2CCCC2=C1. The van der Waals surface area contributed by atoms with Gasteiger partial charge in [0.2, 0.25) is 0 Å². The van der Waals surface area contributed by atoms with Gasteiger partial charge in [-0.05, 0) is 31.6 Å². The fourth-order valence-corrected chi connectivity index (χ4v) is 2.29. The molecule has 2 aliphatic rings. The Balaban J connectivity index is 2.16. The molecule has 0 saturated heterocycles. The van der Waals surface area contributed by atoms with Gasteiger partial charge >= 0.3 is 0 Å². The number of fused-ring (bicyclic) bond motifs is 1. The van der Waals surface area contributed by atoms with Crippen LogP contribution < -0.4 is 0 Å². The standard InChI is InChI=1S/C11H16O/c12-8-9-3-1-4-10-5-2-6-11(10)7-9/h1,3,7,9-10,12H,2,4-6,8H2/t9-,10-/m0/s1. The van der Waals surface area contributed by atoms with Gasteiger partial charge in [-0.2, -0.15) is 0 Å². The Bertz CT molecular complexity index is 215. The van der Waals surface area contributed by atoms with Gasteiger partial charge in [-0.3, -0.25) is 0 Å². The van der Waals surface area contributed by atoms with E-state index in [9.17, 15) is 0 Å². The van der Waals surface area contributed by atoms with Gasteiger partial charge in [0.05, 0.1) is 6.61 Å². The Kier molecular flexibility index (Phi) is 2.31. The number of hydrogen-bond donors (Lipinski definition) is 1. The molecular weight excluding hydrogens is 148 g/mol. The number of allylic oxidation sites excluding steroid dienone is 2. The van der Waals surface area contributed by atoms with Gasteiger partial charge in [-0.15, -0.1) is 0 Å². The van der Waals surface area contributed by atoms with Crippen LogP contribution in [-0.4, -0.2) is 11.7 Å². The fourth-order valence-electron chi connectivity index (χ4n) is 2.29. The van der Waals surface area contributed by atoms with Crippen molar-refractivity contribution in [2.75, 3.05) is 6.61 Å². The van der Waals surface area contributed by atoms with E-state index in [1.54, 1.807) is 5.57 Å². The van der Waals surface area contributed by atoms with Crippen LogP contribution in [0.25, 0.3) is 0 Å². The molecule has 0 amide bonds. The molecule has 1 heteroatoms. The molecular formula is C11H16O. The highest BCUT2D eigenvalue weighted by molar-refractivity contribution is 5.19. The predicted octanol–water partition coefficient (Wildman–Crippen LogP) is 2.28. The predicted molar refractivity (Wildman–Crippen MR) is 49.8 cm³/mol. The van der Waals surface area contributed by atoms with Crippen LogP contribution in [0.1, 0.15) is 25.7 Å². The number of aliphatic hydroxyl groups excluding tert-OH is 1. The number of aliphatic hydroxyl groups is 1. The third-order valence-electron chi connectivity index (χ3n) is 2.99. The molecule has 1 N–H and O–H groups in total. The normalized spacial score (nSPS) is 34.2. The van der Waals surface area contributed by atoms with Gasteiger partial charge in [0.25, 0.3) is 0 Å². The second-order valence-corrected chi connectivity index (χ2v) is 3.84. The average molecular weight is 164 g/mol. The van der Waals surface area contributed by atoms with Crippen LogP contribution in [-0.2, 0) is 0 Å². The molecule has 0 aromatic carbocycles. The quantitative estimate of drug-likeness (QED) is 0.589. The Labute approximate surface area is 73.8 Å². The summed E-state index contributed by atoms with van der Waals surface area (Å²) >= 11 is 0. The Hall–Kier alpha value is -0.560. The Morgan fingerprint density at radius 1 is 1.50 bits per heavy atom. The molecule has 1 fully saturated rings. The first-order valence-electron chi connectivity index (χ1n) is 4.88. The highest BCUT2D eigenvalue weighted by atomic mass is 16.3. The zero-order chi connectivity index (χ0) is 8.39. The van der Waals surface area contributed by atoms with Crippen molar-refractivity contribution < 1.29 is 5.11 Å². The van der Waals surface area contributed by atoms with Crippen molar-refractivity contribution in [1.82, 2.24) is 0 Å². The lowest BCUT2D eigenvalue weighted by Crippen LogP contribution is -1.99. The molecule has 12 heavy (non-hydrogen) atoms. The maximum atomic E-state index is 9.04. The van der Waals surface area contributed by atoms with Crippen molar-refractivity contribution in [3.05, 3.63) is 23.8 Å². The van der Waals surface area contributed by atoms with E-state index < -0.39 is 0 Å². The summed E-state index contributed by atoms with van der Waals surface area (Å²) in [7, 11) is 0. The molecule has 0 radical (unpaired) electrons. The highest BCUT2D eigenvalue weighted by Crippen LogP contribution is 2.36. The van der Waals surface area contributed by atoms with Gasteiger partial charge in [0, 0.05) is 5.92 Å². The molecule has 2 atom stereocenters. The highest BCUT2D eigenvalue weighted by Gasteiger charge is 2.21. The van der Waals surface area contributed by atoms with Crippen molar-refractivity contribution in [3.63, 3.8) is 0 Å². The molecule has 0 aromatic rings. The van der Waals surface area contributed by atoms with E-state index in [-0.39, 0.29) is 6.61 Å². The Morgan fingerprint density at radius 2 is 2.42 bits per heavy atom. The van der Waals surface area contributed by atoms with E-state index in [1.165, 1.54) is 25.7 Å². The minimum Gasteiger partial charge on any atom is -0.395 e. The zero-order valence-electron chi connectivity index (χ0n) is 7.37. The van der Waals surface area contributed by atoms with Gasteiger partial charge in [-0.25, -0.2) is 0 Å². The Morgan fingerprint density at radius 3 is 3.25 bits per heavy atom. The molecule has 2 rings (SSSR count). The molecule has 0 aromatic heterocycles. The van der Waals surface area contributed by atoms with E-state index in [4.69, 9.17) is 5.11 Å². The largest absolute Gasteiger partial charge is 0.395 e. The number of hydrogen-bond acceptors (Lipinski definition) is 1. The van der Waals surface area contributed by atoms with Crippen LogP contribution in [0.4, 0.5) is 0 Å². The van der Waals surface area contributed by atoms with Crippen molar-refractivity contribution >= 4 is 0 Å². The summed E-state index contributed by atoms with van der Waals surface area (Å²) in [5, 5.41) is 9.04. The second-order valence-electron chi connectivity index (χ2n) is 3.84. The summed E-state index contributed by atoms with van der Waals surface area (Å²) < 4.78 is 0. The summed E-state index contributed by atoms with van der Waals surface area (Å²) in [6.07, 6.45) is 11.8. The summed E-state index contributed by atoms with van der Waals surface area (Å²) in [6.45, 7) is 0.271. The zero-order valence-corrected chi connectivity index (χ0v) is 7.37. The van der Waals surface area contributed by atoms with Gasteiger partial charge < -0.3 is 5.11 Å².